The van der Waals surface area contributed by atoms with Gasteiger partial charge in [-0.1, -0.05) is 118 Å². The highest BCUT2D eigenvalue weighted by atomic mass is 16.7. The number of anilines is 1. The fourth-order valence-corrected chi connectivity index (χ4v) is 7.05. The van der Waals surface area contributed by atoms with Crippen molar-refractivity contribution in [1.29, 1.82) is 0 Å². The van der Waals surface area contributed by atoms with Crippen LogP contribution in [0.4, 0.5) is 5.69 Å². The predicted molar refractivity (Wildman–Crippen MR) is 214 cm³/mol. The van der Waals surface area contributed by atoms with E-state index in [4.69, 9.17) is 9.82 Å². The van der Waals surface area contributed by atoms with E-state index in [1.165, 1.54) is 69.9 Å². The maximum Gasteiger partial charge on any atom is 0.348 e. The molecule has 0 aliphatic carbocycles. The summed E-state index contributed by atoms with van der Waals surface area (Å²) in [7, 11) is 0. The molecule has 1 unspecified atom stereocenters. The second-order valence-corrected chi connectivity index (χ2v) is 14.2. The van der Waals surface area contributed by atoms with Gasteiger partial charge in [0.2, 0.25) is 12.0 Å². The van der Waals surface area contributed by atoms with Crippen LogP contribution >= 0.6 is 0 Å². The fraction of sp³-hybridized carbons (Fsp3) is 0.409. The van der Waals surface area contributed by atoms with Gasteiger partial charge in [-0.3, -0.25) is 4.79 Å². The molecule has 278 valence electrons. The van der Waals surface area contributed by atoms with Gasteiger partial charge in [0, 0.05) is 54.5 Å². The number of imidazole rings is 1. The molecule has 0 spiro atoms. The molecule has 1 atom stereocenters. The Morgan fingerprint density at radius 3 is 2.06 bits per heavy atom. The van der Waals surface area contributed by atoms with Crippen LogP contribution in [0.1, 0.15) is 102 Å². The van der Waals surface area contributed by atoms with E-state index in [0.29, 0.717) is 12.3 Å². The maximum absolute atomic E-state index is 12.5. The highest BCUT2D eigenvalue weighted by Crippen LogP contribution is 2.34. The van der Waals surface area contributed by atoms with Crippen molar-refractivity contribution in [3.05, 3.63) is 90.0 Å². The predicted octanol–water partition coefficient (Wildman–Crippen LogP) is 9.64. The maximum atomic E-state index is 12.5. The summed E-state index contributed by atoms with van der Waals surface area (Å²) in [5, 5.41) is 16.3. The summed E-state index contributed by atoms with van der Waals surface area (Å²) >= 11 is 0. The molecular weight excluding hydrogens is 663 g/mol. The van der Waals surface area contributed by atoms with E-state index < -0.39 is 12.1 Å². The Bertz CT molecular complexity index is 1840. The lowest BCUT2D eigenvalue weighted by molar-refractivity contribution is -0.148. The molecule has 1 saturated heterocycles. The zero-order valence-corrected chi connectivity index (χ0v) is 31.0. The smallest absolute Gasteiger partial charge is 0.348 e. The van der Waals surface area contributed by atoms with Gasteiger partial charge in [-0.25, -0.2) is 9.78 Å². The number of aromatic nitrogens is 2. The van der Waals surface area contributed by atoms with Gasteiger partial charge >= 0.3 is 5.97 Å². The summed E-state index contributed by atoms with van der Waals surface area (Å²) in [6, 6.07) is 24.5. The van der Waals surface area contributed by atoms with E-state index in [2.05, 4.69) is 51.5 Å². The van der Waals surface area contributed by atoms with Crippen molar-refractivity contribution in [3.63, 3.8) is 0 Å². The lowest BCUT2D eigenvalue weighted by Crippen LogP contribution is -2.21. The molecule has 53 heavy (non-hydrogen) atoms. The number of carboxylic acids is 1. The molecule has 9 nitrogen and oxygen atoms in total. The second-order valence-electron chi connectivity index (χ2n) is 14.2. The van der Waals surface area contributed by atoms with Crippen molar-refractivity contribution >= 4 is 29.4 Å². The van der Waals surface area contributed by atoms with Crippen LogP contribution in [0, 0.1) is 0 Å². The Morgan fingerprint density at radius 1 is 0.811 bits per heavy atom. The standard InChI is InChI=1S/C44H53N5O4/c1-2-3-4-5-6-7-8-9-10-11-28-45-40(50)27-16-32-14-17-34(18-15-32)41-42(35-21-19-33(20-22-35)38-31-39(44(51)52)53-48-38)47-43(46-41)36-23-25-37(26-24-36)49-29-12-13-30-49/h14-27,39H,2-13,28-31H2,1H3,(H,45,50)(H,46,47)(H,51,52). The molecule has 0 radical (unpaired) electrons. The van der Waals surface area contributed by atoms with Gasteiger partial charge in [0.15, 0.2) is 0 Å². The number of aromatic amines is 1. The largest absolute Gasteiger partial charge is 0.478 e. The van der Waals surface area contributed by atoms with Crippen LogP contribution in [0.3, 0.4) is 0 Å². The van der Waals surface area contributed by atoms with Gasteiger partial charge in [-0.2, -0.15) is 0 Å². The highest BCUT2D eigenvalue weighted by Gasteiger charge is 2.28. The number of aliphatic carboxylic acids is 1. The number of carbonyl (C=O) groups excluding carboxylic acids is 1. The topological polar surface area (TPSA) is 120 Å². The summed E-state index contributed by atoms with van der Waals surface area (Å²) < 4.78 is 0. The first-order chi connectivity index (χ1) is 26.0. The van der Waals surface area contributed by atoms with E-state index in [1.807, 2.05) is 54.6 Å². The first-order valence-electron chi connectivity index (χ1n) is 19.6. The van der Waals surface area contributed by atoms with E-state index in [-0.39, 0.29) is 12.3 Å². The summed E-state index contributed by atoms with van der Waals surface area (Å²) in [5.74, 6) is -0.321. The molecule has 2 aliphatic heterocycles. The van der Waals surface area contributed by atoms with E-state index >= 15 is 0 Å². The number of nitrogens with zero attached hydrogens (tertiary/aromatic N) is 3. The average Bonchev–Trinajstić information content (AvgIpc) is 3.99. The highest BCUT2D eigenvalue weighted by molar-refractivity contribution is 6.03. The van der Waals surface area contributed by atoms with E-state index in [9.17, 15) is 14.7 Å². The number of nitrogens with one attached hydrogen (secondary N) is 2. The molecule has 3 aromatic carbocycles. The number of carboxylic acid groups (broad SMARTS) is 1. The van der Waals surface area contributed by atoms with Crippen molar-refractivity contribution in [1.82, 2.24) is 15.3 Å². The number of H-pyrrole nitrogens is 1. The summed E-state index contributed by atoms with van der Waals surface area (Å²) in [6.45, 7) is 5.14. The van der Waals surface area contributed by atoms with Crippen molar-refractivity contribution in [2.24, 2.45) is 5.16 Å². The summed E-state index contributed by atoms with van der Waals surface area (Å²) in [4.78, 5) is 40.1. The molecule has 2 aliphatic rings. The van der Waals surface area contributed by atoms with E-state index in [1.54, 1.807) is 6.08 Å². The molecule has 0 saturated carbocycles. The number of benzene rings is 3. The first kappa shape index (κ1) is 37.6. The Balaban J connectivity index is 1.10. The Hall–Kier alpha value is -5.18. The second kappa shape index (κ2) is 19.1. The monoisotopic (exact) mass is 715 g/mol. The molecule has 4 aromatic rings. The minimum atomic E-state index is -1.02. The number of unbranched alkanes of at least 4 members (excludes halogenated alkanes) is 9. The van der Waals surface area contributed by atoms with Gasteiger partial charge in [-0.05, 0) is 60.7 Å². The molecule has 3 heterocycles. The average molecular weight is 716 g/mol. The van der Waals surface area contributed by atoms with Crippen molar-refractivity contribution in [3.8, 4) is 33.9 Å². The van der Waals surface area contributed by atoms with Crippen molar-refractivity contribution < 1.29 is 19.5 Å². The van der Waals surface area contributed by atoms with Crippen molar-refractivity contribution in [2.45, 2.75) is 96.5 Å². The number of amides is 1. The van der Waals surface area contributed by atoms with Gasteiger partial charge in [0.05, 0.1) is 17.1 Å². The molecule has 3 N–H and O–H groups in total. The Kier molecular flexibility index (Phi) is 13.5. The fourth-order valence-electron chi connectivity index (χ4n) is 7.05. The van der Waals surface area contributed by atoms with Crippen LogP contribution in [0.5, 0.6) is 0 Å². The molecule has 1 aromatic heterocycles. The third kappa shape index (κ3) is 10.5. The Labute approximate surface area is 313 Å². The normalized spacial score (nSPS) is 15.5. The number of oxime groups is 1. The van der Waals surface area contributed by atoms with Crippen LogP contribution in [0.2, 0.25) is 0 Å². The molecule has 1 fully saturated rings. The number of hydrogen-bond donors (Lipinski definition) is 3. The SMILES string of the molecule is CCCCCCCCCCCCNC(=O)C=Cc1ccc(-c2[nH]c(-c3ccc(N4CCCC4)cc3)nc2-c2ccc(C3=NOC(C(=O)O)C3)cc2)cc1. The minimum absolute atomic E-state index is 0.0710. The zero-order valence-electron chi connectivity index (χ0n) is 31.0. The zero-order chi connectivity index (χ0) is 36.8. The quantitative estimate of drug-likeness (QED) is 0.0657. The Morgan fingerprint density at radius 2 is 1.42 bits per heavy atom. The van der Waals surface area contributed by atoms with Gasteiger partial charge < -0.3 is 25.1 Å². The summed E-state index contributed by atoms with van der Waals surface area (Å²) in [6.07, 6.45) is 17.9. The lowest BCUT2D eigenvalue weighted by atomic mass is 10.00. The van der Waals surface area contributed by atoms with Gasteiger partial charge in [0.1, 0.15) is 5.82 Å². The molecule has 6 rings (SSSR count). The number of carbonyl (C=O) groups is 2. The van der Waals surface area contributed by atoms with Crippen LogP contribution in [-0.2, 0) is 14.4 Å². The molecular formula is C44H53N5O4. The first-order valence-corrected chi connectivity index (χ1v) is 19.6. The third-order valence-electron chi connectivity index (χ3n) is 10.2. The van der Waals surface area contributed by atoms with Crippen LogP contribution in [-0.4, -0.2) is 58.4 Å². The van der Waals surface area contributed by atoms with Crippen LogP contribution in [0.15, 0.2) is 84.0 Å². The van der Waals surface area contributed by atoms with Gasteiger partial charge in [0.25, 0.3) is 0 Å². The lowest BCUT2D eigenvalue weighted by Gasteiger charge is -2.17. The molecule has 1 amide bonds. The molecule has 0 bridgehead atoms. The third-order valence-corrected chi connectivity index (χ3v) is 10.2. The molecule has 9 heteroatoms. The van der Waals surface area contributed by atoms with Crippen molar-refractivity contribution in [2.75, 3.05) is 24.5 Å². The van der Waals surface area contributed by atoms with Crippen LogP contribution < -0.4 is 10.2 Å². The summed E-state index contributed by atoms with van der Waals surface area (Å²) in [5.41, 5.74) is 8.16. The number of rotatable bonds is 19. The van der Waals surface area contributed by atoms with E-state index in [0.717, 1.165) is 71.0 Å². The number of hydrogen-bond acceptors (Lipinski definition) is 6. The van der Waals surface area contributed by atoms with Gasteiger partial charge in [-0.15, -0.1) is 0 Å². The van der Waals surface area contributed by atoms with Crippen LogP contribution in [0.25, 0.3) is 40.0 Å². The minimum Gasteiger partial charge on any atom is -0.478 e.